The summed E-state index contributed by atoms with van der Waals surface area (Å²) < 4.78 is 36.9. The second-order valence-electron chi connectivity index (χ2n) is 5.02. The third-order valence-electron chi connectivity index (χ3n) is 3.54. The van der Waals surface area contributed by atoms with E-state index in [-0.39, 0.29) is 22.3 Å². The summed E-state index contributed by atoms with van der Waals surface area (Å²) >= 11 is 0. The zero-order valence-electron chi connectivity index (χ0n) is 12.0. The van der Waals surface area contributed by atoms with Gasteiger partial charge in [-0.25, -0.2) is 13.2 Å². The van der Waals surface area contributed by atoms with Gasteiger partial charge in [0.25, 0.3) is 0 Å². The van der Waals surface area contributed by atoms with Gasteiger partial charge in [-0.3, -0.25) is 0 Å². The molecule has 2 rings (SSSR count). The van der Waals surface area contributed by atoms with Crippen LogP contribution in [0.2, 0.25) is 0 Å². The van der Waals surface area contributed by atoms with E-state index >= 15 is 0 Å². The van der Waals surface area contributed by atoms with E-state index in [0.717, 1.165) is 12.5 Å². The highest BCUT2D eigenvalue weighted by molar-refractivity contribution is 7.89. The second kappa shape index (κ2) is 6.17. The van der Waals surface area contributed by atoms with Crippen molar-refractivity contribution in [1.29, 1.82) is 0 Å². The molecule has 1 fully saturated rings. The first-order chi connectivity index (χ1) is 9.86. The predicted octanol–water partition coefficient (Wildman–Crippen LogP) is 1.33. The quantitative estimate of drug-likeness (QED) is 0.850. The molecule has 7 nitrogen and oxygen atoms in total. The molecule has 0 saturated carbocycles. The van der Waals surface area contributed by atoms with E-state index in [9.17, 15) is 13.2 Å². The minimum absolute atomic E-state index is 0.0827. The summed E-state index contributed by atoms with van der Waals surface area (Å²) in [6.45, 7) is 5.08. The Morgan fingerprint density at radius 1 is 1.52 bits per heavy atom. The Morgan fingerprint density at radius 3 is 2.71 bits per heavy atom. The Balaban J connectivity index is 2.27. The molecule has 0 radical (unpaired) electrons. The van der Waals surface area contributed by atoms with Crippen LogP contribution < -0.4 is 0 Å². The first kappa shape index (κ1) is 16.0. The summed E-state index contributed by atoms with van der Waals surface area (Å²) in [5.41, 5.74) is 0. The molecule has 118 valence electrons. The average Bonchev–Trinajstić information content (AvgIpc) is 3.04. The zero-order valence-corrected chi connectivity index (χ0v) is 12.9. The third-order valence-corrected chi connectivity index (χ3v) is 5.59. The fraction of sp³-hybridized carbons (Fsp3) is 0.615. The van der Waals surface area contributed by atoms with Crippen LogP contribution in [-0.4, -0.2) is 50.1 Å². The molecule has 0 amide bonds. The van der Waals surface area contributed by atoms with Crippen LogP contribution in [0.1, 0.15) is 29.7 Å². The number of hydrogen-bond acceptors (Lipinski definition) is 5. The predicted molar refractivity (Wildman–Crippen MR) is 73.8 cm³/mol. The molecule has 0 spiro atoms. The summed E-state index contributed by atoms with van der Waals surface area (Å²) in [4.78, 5) is 10.8. The first-order valence-electron chi connectivity index (χ1n) is 6.78. The third kappa shape index (κ3) is 3.28. The maximum Gasteiger partial charge on any atom is 0.371 e. The van der Waals surface area contributed by atoms with Gasteiger partial charge in [0.15, 0.2) is 0 Å². The summed E-state index contributed by atoms with van der Waals surface area (Å²) in [7, 11) is -3.76. The number of aromatic carboxylic acids is 1. The van der Waals surface area contributed by atoms with Crippen molar-refractivity contribution in [2.75, 3.05) is 26.3 Å². The molecule has 0 aliphatic carbocycles. The number of furan rings is 1. The molecule has 2 heterocycles. The van der Waals surface area contributed by atoms with Crippen LogP contribution >= 0.6 is 0 Å². The van der Waals surface area contributed by atoms with E-state index in [1.807, 2.05) is 0 Å². The van der Waals surface area contributed by atoms with Crippen molar-refractivity contribution >= 4 is 16.0 Å². The molecule has 21 heavy (non-hydrogen) atoms. The zero-order chi connectivity index (χ0) is 15.6. The molecule has 1 aliphatic rings. The molecule has 1 atom stereocenters. The lowest BCUT2D eigenvalue weighted by Crippen LogP contribution is -2.35. The Kier molecular flexibility index (Phi) is 4.70. The van der Waals surface area contributed by atoms with E-state index in [2.05, 4.69) is 0 Å². The molecule has 1 N–H and O–H groups in total. The van der Waals surface area contributed by atoms with Gasteiger partial charge < -0.3 is 14.3 Å². The van der Waals surface area contributed by atoms with Gasteiger partial charge in [0.05, 0.1) is 6.61 Å². The molecule has 8 heteroatoms. The lowest BCUT2D eigenvalue weighted by Gasteiger charge is -2.22. The van der Waals surface area contributed by atoms with Gasteiger partial charge in [-0.15, -0.1) is 0 Å². The summed E-state index contributed by atoms with van der Waals surface area (Å²) in [5, 5.41) is 8.90. The fourth-order valence-electron chi connectivity index (χ4n) is 2.38. The first-order valence-corrected chi connectivity index (χ1v) is 8.22. The summed E-state index contributed by atoms with van der Waals surface area (Å²) in [6, 6.07) is 1.07. The van der Waals surface area contributed by atoms with Crippen molar-refractivity contribution in [2.45, 2.75) is 25.2 Å². The molecule has 1 aromatic rings. The fourth-order valence-corrected chi connectivity index (χ4v) is 4.06. The van der Waals surface area contributed by atoms with Crippen LogP contribution in [0.25, 0.3) is 0 Å². The van der Waals surface area contributed by atoms with E-state index in [1.54, 1.807) is 6.92 Å². The summed E-state index contributed by atoms with van der Waals surface area (Å²) in [6.07, 6.45) is 0.830. The van der Waals surface area contributed by atoms with Gasteiger partial charge in [0, 0.05) is 25.8 Å². The molecule has 1 aromatic heterocycles. The molecule has 1 unspecified atom stereocenters. The number of carboxylic acid groups (broad SMARTS) is 1. The number of ether oxygens (including phenoxy) is 1. The van der Waals surface area contributed by atoms with Crippen molar-refractivity contribution < 1.29 is 27.5 Å². The largest absolute Gasteiger partial charge is 0.475 e. The Labute approximate surface area is 123 Å². The molecular formula is C13H19NO6S. The van der Waals surface area contributed by atoms with Crippen molar-refractivity contribution in [3.05, 3.63) is 17.6 Å². The SMILES string of the molecule is CCN(CC1CCOC1)S(=O)(=O)c1cc(C(=O)O)oc1C. The van der Waals surface area contributed by atoms with Crippen LogP contribution in [0.4, 0.5) is 0 Å². The monoisotopic (exact) mass is 317 g/mol. The van der Waals surface area contributed by atoms with Gasteiger partial charge in [-0.2, -0.15) is 4.31 Å². The number of aryl methyl sites for hydroxylation is 1. The Hall–Kier alpha value is -1.38. The normalized spacial score (nSPS) is 19.3. The molecule has 0 bridgehead atoms. The number of rotatable bonds is 6. The molecule has 0 aromatic carbocycles. The lowest BCUT2D eigenvalue weighted by molar-refractivity contribution is 0.0661. The molecular weight excluding hydrogens is 298 g/mol. The van der Waals surface area contributed by atoms with E-state index in [0.29, 0.717) is 26.3 Å². The highest BCUT2D eigenvalue weighted by atomic mass is 32.2. The van der Waals surface area contributed by atoms with Gasteiger partial charge in [-0.1, -0.05) is 6.92 Å². The standard InChI is InChI=1S/C13H19NO6S/c1-3-14(7-10-4-5-19-8-10)21(17,18)12-6-11(13(15)16)20-9(12)2/h6,10H,3-5,7-8H2,1-2H3,(H,15,16). The van der Waals surface area contributed by atoms with Crippen LogP contribution in [0.3, 0.4) is 0 Å². The van der Waals surface area contributed by atoms with E-state index in [1.165, 1.54) is 11.2 Å². The second-order valence-corrected chi connectivity index (χ2v) is 6.93. The summed E-state index contributed by atoms with van der Waals surface area (Å²) in [5.74, 6) is -1.39. The number of hydrogen-bond donors (Lipinski definition) is 1. The van der Waals surface area contributed by atoms with Crippen LogP contribution in [0.5, 0.6) is 0 Å². The van der Waals surface area contributed by atoms with Crippen molar-refractivity contribution in [2.24, 2.45) is 5.92 Å². The van der Waals surface area contributed by atoms with Crippen molar-refractivity contribution in [1.82, 2.24) is 4.31 Å². The van der Waals surface area contributed by atoms with Crippen molar-refractivity contribution in [3.8, 4) is 0 Å². The van der Waals surface area contributed by atoms with E-state index in [4.69, 9.17) is 14.3 Å². The number of sulfonamides is 1. The minimum atomic E-state index is -3.76. The van der Waals surface area contributed by atoms with Gasteiger partial charge in [0.2, 0.25) is 15.8 Å². The van der Waals surface area contributed by atoms with Gasteiger partial charge in [0.1, 0.15) is 10.7 Å². The van der Waals surface area contributed by atoms with Crippen molar-refractivity contribution in [3.63, 3.8) is 0 Å². The average molecular weight is 317 g/mol. The van der Waals surface area contributed by atoms with Crippen LogP contribution in [0, 0.1) is 12.8 Å². The van der Waals surface area contributed by atoms with Gasteiger partial charge in [-0.05, 0) is 19.3 Å². The lowest BCUT2D eigenvalue weighted by atomic mass is 10.1. The smallest absolute Gasteiger partial charge is 0.371 e. The van der Waals surface area contributed by atoms with Gasteiger partial charge >= 0.3 is 5.97 Å². The number of carboxylic acids is 1. The number of carbonyl (C=O) groups is 1. The highest BCUT2D eigenvalue weighted by Gasteiger charge is 2.31. The minimum Gasteiger partial charge on any atom is -0.475 e. The van der Waals surface area contributed by atoms with Crippen LogP contribution in [-0.2, 0) is 14.8 Å². The maximum absolute atomic E-state index is 12.6. The Morgan fingerprint density at radius 2 is 2.24 bits per heavy atom. The van der Waals surface area contributed by atoms with E-state index < -0.39 is 16.0 Å². The number of nitrogens with zero attached hydrogens (tertiary/aromatic N) is 1. The molecule has 1 aliphatic heterocycles. The highest BCUT2D eigenvalue weighted by Crippen LogP contribution is 2.25. The molecule has 1 saturated heterocycles. The maximum atomic E-state index is 12.6. The topological polar surface area (TPSA) is 97.0 Å². The van der Waals surface area contributed by atoms with Crippen LogP contribution in [0.15, 0.2) is 15.4 Å². The Bertz CT molecular complexity index is 615.